The third kappa shape index (κ3) is 9.28. The molecule has 8 rings (SSSR count). The summed E-state index contributed by atoms with van der Waals surface area (Å²) >= 11 is 9.08. The maximum atomic E-state index is 12.9. The molecule has 10 nitrogen and oxygen atoms in total. The number of piperazine rings is 2. The number of thiazole rings is 2. The van der Waals surface area contributed by atoms with E-state index in [1.807, 2.05) is 54.8 Å². The van der Waals surface area contributed by atoms with Gasteiger partial charge < -0.3 is 9.80 Å². The summed E-state index contributed by atoms with van der Waals surface area (Å²) < 4.78 is 54.5. The van der Waals surface area contributed by atoms with E-state index in [9.17, 15) is 16.8 Å². The van der Waals surface area contributed by atoms with Crippen LogP contribution in [-0.4, -0.2) is 87.8 Å². The van der Waals surface area contributed by atoms with Crippen molar-refractivity contribution < 1.29 is 16.8 Å². The van der Waals surface area contributed by atoms with Crippen molar-refractivity contribution in [3.05, 3.63) is 129 Å². The topological polar surface area (TPSA) is 107 Å². The number of anilines is 2. The molecule has 0 radical (unpaired) electrons. The summed E-state index contributed by atoms with van der Waals surface area (Å²) in [7, 11) is -6.94. The van der Waals surface area contributed by atoms with Gasteiger partial charge in [-0.1, -0.05) is 77.3 Å². The Morgan fingerprint density at radius 3 is 1.47 bits per heavy atom. The lowest BCUT2D eigenvalue weighted by Gasteiger charge is -2.33. The Hall–Kier alpha value is -4.15. The van der Waals surface area contributed by atoms with Gasteiger partial charge in [0.15, 0.2) is 10.3 Å². The summed E-state index contributed by atoms with van der Waals surface area (Å²) in [6.07, 6.45) is 0. The van der Waals surface area contributed by atoms with Crippen molar-refractivity contribution in [3.63, 3.8) is 0 Å². The molecule has 0 aliphatic carbocycles. The molecule has 0 saturated carbocycles. The zero-order valence-electron chi connectivity index (χ0n) is 32.3. The minimum absolute atomic E-state index is 0.279. The number of benzene rings is 4. The van der Waals surface area contributed by atoms with Gasteiger partial charge in [0.25, 0.3) is 0 Å². The van der Waals surface area contributed by atoms with Crippen LogP contribution in [0.25, 0.3) is 22.5 Å². The normalized spacial score (nSPS) is 15.7. The molecule has 57 heavy (non-hydrogen) atoms. The minimum atomic E-state index is -3.49. The fourth-order valence-corrected chi connectivity index (χ4v) is 11.8. The first-order valence-electron chi connectivity index (χ1n) is 18.7. The lowest BCUT2D eigenvalue weighted by Crippen LogP contribution is -2.48. The summed E-state index contributed by atoms with van der Waals surface area (Å²) in [6, 6.07) is 27.8. The van der Waals surface area contributed by atoms with Crippen LogP contribution in [0.1, 0.15) is 22.3 Å². The number of rotatable bonds is 8. The SMILES string of the molecule is Cc1ccc(S(=O)(=O)N2CCN(c3nc(-c4c(C)cc(C)cc4C)cs3)CC2)cc1.O=S(=O)(c1ccc(Cl)cc1)N1CCN(c2nc(-c3ccccc3)cs2)CC1. The van der Waals surface area contributed by atoms with Crippen molar-refractivity contribution in [2.75, 3.05) is 62.2 Å². The predicted octanol–water partition coefficient (Wildman–Crippen LogP) is 8.53. The highest BCUT2D eigenvalue weighted by Gasteiger charge is 2.31. The van der Waals surface area contributed by atoms with Crippen molar-refractivity contribution >= 4 is 64.6 Å². The number of sulfonamides is 2. The van der Waals surface area contributed by atoms with Crippen LogP contribution in [0.4, 0.5) is 10.3 Å². The van der Waals surface area contributed by atoms with Gasteiger partial charge in [-0.25, -0.2) is 26.8 Å². The number of nitrogens with zero attached hydrogens (tertiary/aromatic N) is 6. The van der Waals surface area contributed by atoms with Crippen LogP contribution >= 0.6 is 34.3 Å². The van der Waals surface area contributed by atoms with Gasteiger partial charge in [0.2, 0.25) is 20.0 Å². The molecular formula is C42H45ClN6O4S4. The molecule has 15 heteroatoms. The fourth-order valence-electron chi connectivity index (χ4n) is 7.11. The van der Waals surface area contributed by atoms with E-state index in [0.29, 0.717) is 62.3 Å². The van der Waals surface area contributed by atoms with Crippen LogP contribution in [0.2, 0.25) is 5.02 Å². The molecule has 2 saturated heterocycles. The van der Waals surface area contributed by atoms with Gasteiger partial charge in [-0.15, -0.1) is 22.7 Å². The Kier molecular flexibility index (Phi) is 12.5. The maximum absolute atomic E-state index is 12.9. The van der Waals surface area contributed by atoms with Crippen LogP contribution in [0.15, 0.2) is 112 Å². The first kappa shape index (κ1) is 41.0. The van der Waals surface area contributed by atoms with Gasteiger partial charge in [-0.3, -0.25) is 0 Å². The molecule has 2 aliphatic heterocycles. The summed E-state index contributed by atoms with van der Waals surface area (Å²) in [4.78, 5) is 14.6. The van der Waals surface area contributed by atoms with Crippen LogP contribution < -0.4 is 9.80 Å². The largest absolute Gasteiger partial charge is 0.345 e. The molecule has 2 aromatic heterocycles. The highest BCUT2D eigenvalue weighted by atomic mass is 35.5. The van der Waals surface area contributed by atoms with Crippen molar-refractivity contribution in [1.82, 2.24) is 18.6 Å². The molecular weight excluding hydrogens is 816 g/mol. The van der Waals surface area contributed by atoms with E-state index in [0.717, 1.165) is 32.8 Å². The molecule has 0 spiro atoms. The first-order chi connectivity index (χ1) is 27.3. The second-order valence-electron chi connectivity index (χ2n) is 14.2. The average Bonchev–Trinajstić information content (AvgIpc) is 3.90. The molecule has 0 amide bonds. The van der Waals surface area contributed by atoms with E-state index < -0.39 is 20.0 Å². The Labute approximate surface area is 349 Å². The highest BCUT2D eigenvalue weighted by Crippen LogP contribution is 2.34. The summed E-state index contributed by atoms with van der Waals surface area (Å²) in [6.45, 7) is 12.7. The van der Waals surface area contributed by atoms with E-state index in [-0.39, 0.29) is 4.90 Å². The van der Waals surface area contributed by atoms with E-state index in [2.05, 4.69) is 48.1 Å². The molecule has 0 unspecified atom stereocenters. The monoisotopic (exact) mass is 860 g/mol. The Balaban J connectivity index is 0.000000175. The summed E-state index contributed by atoms with van der Waals surface area (Å²) in [5.74, 6) is 0. The second kappa shape index (κ2) is 17.4. The van der Waals surface area contributed by atoms with Gasteiger partial charge in [-0.2, -0.15) is 8.61 Å². The minimum Gasteiger partial charge on any atom is -0.345 e. The Morgan fingerprint density at radius 1 is 0.544 bits per heavy atom. The quantitative estimate of drug-likeness (QED) is 0.150. The Morgan fingerprint density at radius 2 is 0.982 bits per heavy atom. The van der Waals surface area contributed by atoms with Gasteiger partial charge in [-0.05, 0) is 75.2 Å². The molecule has 4 heterocycles. The van der Waals surface area contributed by atoms with E-state index in [1.165, 1.54) is 26.6 Å². The molecule has 0 N–H and O–H groups in total. The van der Waals surface area contributed by atoms with Crippen LogP contribution in [0.5, 0.6) is 0 Å². The number of hydrogen-bond acceptors (Lipinski definition) is 10. The van der Waals surface area contributed by atoms with Crippen LogP contribution in [0, 0.1) is 27.7 Å². The van der Waals surface area contributed by atoms with E-state index in [4.69, 9.17) is 21.6 Å². The Bertz CT molecular complexity index is 2510. The third-order valence-electron chi connectivity index (χ3n) is 10.1. The van der Waals surface area contributed by atoms with Gasteiger partial charge in [0, 0.05) is 79.3 Å². The first-order valence-corrected chi connectivity index (χ1v) is 23.7. The smallest absolute Gasteiger partial charge is 0.243 e. The fraction of sp³-hybridized carbons (Fsp3) is 0.286. The van der Waals surface area contributed by atoms with Crippen LogP contribution in [-0.2, 0) is 20.0 Å². The van der Waals surface area contributed by atoms with E-state index >= 15 is 0 Å². The molecule has 298 valence electrons. The highest BCUT2D eigenvalue weighted by molar-refractivity contribution is 7.89. The second-order valence-corrected chi connectivity index (χ2v) is 20.2. The van der Waals surface area contributed by atoms with E-state index in [1.54, 1.807) is 63.4 Å². The molecule has 2 fully saturated rings. The summed E-state index contributed by atoms with van der Waals surface area (Å²) in [5.41, 5.74) is 9.02. The average molecular weight is 862 g/mol. The van der Waals surface area contributed by atoms with Crippen molar-refractivity contribution in [3.8, 4) is 22.5 Å². The molecule has 2 aliphatic rings. The predicted molar refractivity (Wildman–Crippen MR) is 234 cm³/mol. The van der Waals surface area contributed by atoms with Crippen LogP contribution in [0.3, 0.4) is 0 Å². The zero-order chi connectivity index (χ0) is 40.3. The molecule has 0 bridgehead atoms. The zero-order valence-corrected chi connectivity index (χ0v) is 36.3. The summed E-state index contributed by atoms with van der Waals surface area (Å²) in [5, 5.41) is 6.56. The van der Waals surface area contributed by atoms with Gasteiger partial charge in [0.05, 0.1) is 21.2 Å². The molecule has 0 atom stereocenters. The van der Waals surface area contributed by atoms with Crippen molar-refractivity contribution in [2.24, 2.45) is 0 Å². The standard InChI is InChI=1S/C23H27N3O2S2.C19H18ClN3O2S2/c1-16-5-7-20(8-6-16)30(27,28)26-11-9-25(10-12-26)23-24-21(15-29-23)22-18(3)13-17(2)14-19(22)4;20-16-6-8-17(9-7-16)27(24,25)23-12-10-22(11-13-23)19-21-18(14-26-19)15-4-2-1-3-5-15/h5-8,13-15H,9-12H2,1-4H3;1-9,14H,10-13H2. The van der Waals surface area contributed by atoms with Gasteiger partial charge >= 0.3 is 0 Å². The maximum Gasteiger partial charge on any atom is 0.243 e. The lowest BCUT2D eigenvalue weighted by molar-refractivity contribution is 0.384. The van der Waals surface area contributed by atoms with Crippen molar-refractivity contribution in [2.45, 2.75) is 37.5 Å². The molecule has 4 aromatic carbocycles. The number of hydrogen-bond donors (Lipinski definition) is 0. The molecule has 6 aromatic rings. The number of aryl methyl sites for hydroxylation is 4. The number of halogens is 1. The lowest BCUT2D eigenvalue weighted by atomic mass is 9.98. The number of aromatic nitrogens is 2. The van der Waals surface area contributed by atoms with Crippen molar-refractivity contribution in [1.29, 1.82) is 0 Å². The van der Waals surface area contributed by atoms with Gasteiger partial charge in [0.1, 0.15) is 0 Å². The third-order valence-corrected chi connectivity index (χ3v) is 16.0.